The molecule has 3 aromatic heterocycles. The molecule has 20 nitrogen and oxygen atoms in total. The fraction of sp³-hybridized carbons (Fsp3) is 0. The van der Waals surface area contributed by atoms with Crippen molar-refractivity contribution in [3.05, 3.63) is 110 Å². The van der Waals surface area contributed by atoms with Gasteiger partial charge < -0.3 is 20.8 Å². The number of carboxylic acids is 1. The summed E-state index contributed by atoms with van der Waals surface area (Å²) in [6.45, 7) is 0. The summed E-state index contributed by atoms with van der Waals surface area (Å²) in [6, 6.07) is 4.35. The zero-order valence-corrected chi connectivity index (χ0v) is 31.0. The normalized spacial score (nSPS) is 9.33. The second-order valence-electron chi connectivity index (χ2n) is 6.75. The van der Waals surface area contributed by atoms with Gasteiger partial charge in [0.25, 0.3) is 0 Å². The second-order valence-corrected chi connectivity index (χ2v) is 25.5. The standard InChI is InChI=1S/C6H2ClN3O2.C6H5N3O4.C6H4N2O5.Cl3OP.2HI.V/c7-6-5(10(11)12)1-4(2-8)3-9-6;7-5(10)3-1-4(9(12)13)6(11)8-2-3;9-5-4(8(12)13)1-3(2-7-5)6(10)11;1-5(2,3)4;;;/h1,3H;1-2H,(H2,7,10)(H,8,11);1-2H,(H,7,9)(H,10,11);;2*1H;/q;;;;;;+2/p-2. The van der Waals surface area contributed by atoms with Crippen LogP contribution >= 0.6 is 90.5 Å². The monoisotopic (exact) mass is 1010 g/mol. The molecule has 0 saturated heterocycles. The van der Waals surface area contributed by atoms with Gasteiger partial charge in [0.15, 0.2) is 0 Å². The number of pyridine rings is 3. The quantitative estimate of drug-likeness (QED) is 0.0811. The third kappa shape index (κ3) is 19.6. The molecule has 3 rings (SSSR count). The Morgan fingerprint density at radius 2 is 1.30 bits per heavy atom. The summed E-state index contributed by atoms with van der Waals surface area (Å²) < 4.78 is 9.51. The van der Waals surface area contributed by atoms with Crippen LogP contribution in [0.2, 0.25) is 5.15 Å². The van der Waals surface area contributed by atoms with Crippen molar-refractivity contribution in [1.82, 2.24) is 15.0 Å². The van der Waals surface area contributed by atoms with Crippen LogP contribution in [0.3, 0.4) is 0 Å². The number of carbonyl (C=O) groups is 2. The van der Waals surface area contributed by atoms with Crippen LogP contribution in [0.5, 0.6) is 0 Å². The first kappa shape index (κ1) is 45.2. The first-order chi connectivity index (χ1) is 21.1. The number of aromatic carboxylic acids is 1. The van der Waals surface area contributed by atoms with Gasteiger partial charge in [0, 0.05) is 36.8 Å². The number of hydrogen-bond donors (Lipinski definition) is 4. The van der Waals surface area contributed by atoms with E-state index >= 15 is 0 Å². The first-order valence-corrected chi connectivity index (χ1v) is 24.0. The van der Waals surface area contributed by atoms with Crippen LogP contribution in [0.4, 0.5) is 17.1 Å². The van der Waals surface area contributed by atoms with Crippen LogP contribution in [0.25, 0.3) is 0 Å². The molecular formula is C18H11Cl4I2N8O12PV. The number of nitro groups is 3. The molecule has 0 radical (unpaired) electrons. The molecule has 0 aliphatic heterocycles. The average molecular weight is 1010 g/mol. The molecule has 0 atom stereocenters. The topological polar surface area (TPSA) is 329 Å². The van der Waals surface area contributed by atoms with E-state index in [4.69, 9.17) is 27.7 Å². The number of nitrogens with two attached hydrogens (primary N) is 1. The molecule has 0 unspecified atom stereocenters. The van der Waals surface area contributed by atoms with Crippen LogP contribution in [0.15, 0.2) is 46.4 Å². The van der Waals surface area contributed by atoms with Crippen molar-refractivity contribution in [3.8, 4) is 6.07 Å². The van der Waals surface area contributed by atoms with Gasteiger partial charge in [-0.05, 0) is 33.7 Å². The van der Waals surface area contributed by atoms with E-state index in [0.717, 1.165) is 24.5 Å². The number of hydrogen-bond acceptors (Lipinski definition) is 13. The average Bonchev–Trinajstić information content (AvgIpc) is 2.93. The summed E-state index contributed by atoms with van der Waals surface area (Å²) >= 11 is 24.0. The van der Waals surface area contributed by atoms with Gasteiger partial charge in [-0.1, -0.05) is 11.6 Å². The summed E-state index contributed by atoms with van der Waals surface area (Å²) in [5.41, 5.74) is 0.919. The van der Waals surface area contributed by atoms with Crippen LogP contribution in [0.1, 0.15) is 26.3 Å². The van der Waals surface area contributed by atoms with E-state index in [2.05, 4.69) is 78.7 Å². The molecule has 0 fully saturated rings. The molecule has 247 valence electrons. The number of nitriles is 1. The number of aromatic nitrogens is 3. The number of rotatable bonds is 5. The number of carboxylic acid groups (broad SMARTS) is 1. The summed E-state index contributed by atoms with van der Waals surface area (Å²) in [5, 5.41) is 44.1. The zero-order valence-electron chi connectivity index (χ0n) is 21.4. The van der Waals surface area contributed by atoms with Crippen LogP contribution in [-0.4, -0.2) is 46.7 Å². The molecule has 0 aromatic carbocycles. The molecular weight excluding hydrogens is 998 g/mol. The molecule has 46 heavy (non-hydrogen) atoms. The van der Waals surface area contributed by atoms with Gasteiger partial charge in [-0.3, -0.25) is 49.3 Å². The van der Waals surface area contributed by atoms with Crippen molar-refractivity contribution in [2.75, 3.05) is 0 Å². The Morgan fingerprint density at radius 3 is 1.63 bits per heavy atom. The van der Waals surface area contributed by atoms with E-state index in [9.17, 15) is 54.1 Å². The number of nitrogens with one attached hydrogen (secondary N) is 2. The summed E-state index contributed by atoms with van der Waals surface area (Å²) in [5.74, 6) is -2.17. The molecule has 0 bridgehead atoms. The van der Waals surface area contributed by atoms with Gasteiger partial charge in [-0.25, -0.2) is 9.78 Å². The molecule has 5 N–H and O–H groups in total. The third-order valence-electron chi connectivity index (χ3n) is 3.84. The Hall–Kier alpha value is -2.89. The van der Waals surface area contributed by atoms with Crippen molar-refractivity contribution in [3.63, 3.8) is 0 Å². The molecule has 1 amide bonds. The summed E-state index contributed by atoms with van der Waals surface area (Å²) in [6.07, 6.45) is 3.10. The van der Waals surface area contributed by atoms with E-state index in [1.165, 1.54) is 6.20 Å². The summed E-state index contributed by atoms with van der Waals surface area (Å²) in [7, 11) is 0.628. The number of amides is 1. The minimum absolute atomic E-state index is 0.105. The number of aromatic amines is 2. The third-order valence-corrected chi connectivity index (χ3v) is 4.13. The Morgan fingerprint density at radius 1 is 0.935 bits per heavy atom. The number of primary amides is 1. The number of carbonyl (C=O) groups excluding carboxylic acids is 1. The van der Waals surface area contributed by atoms with Gasteiger partial charge >= 0.3 is 88.8 Å². The zero-order chi connectivity index (χ0) is 36.4. The van der Waals surface area contributed by atoms with E-state index in [1.54, 1.807) is 6.07 Å². The Labute approximate surface area is 302 Å². The predicted molar refractivity (Wildman–Crippen MR) is 177 cm³/mol. The number of H-pyrrole nitrogens is 2. The molecule has 0 saturated carbocycles. The molecule has 0 aliphatic carbocycles. The Bertz CT molecular complexity index is 1710. The van der Waals surface area contributed by atoms with Crippen molar-refractivity contribution in [1.29, 1.82) is 5.26 Å². The van der Waals surface area contributed by atoms with E-state index in [1.807, 2.05) is 9.97 Å². The van der Waals surface area contributed by atoms with Crippen LogP contribution in [-0.2, 0) is 14.0 Å². The van der Waals surface area contributed by atoms with Crippen LogP contribution in [0, 0.1) is 41.7 Å². The fourth-order valence-electron chi connectivity index (χ4n) is 2.11. The van der Waals surface area contributed by atoms with Crippen molar-refractivity contribution < 1.29 is 43.5 Å². The molecule has 0 spiro atoms. The van der Waals surface area contributed by atoms with E-state index in [-0.39, 0.29) is 27.5 Å². The van der Waals surface area contributed by atoms with Crippen LogP contribution < -0.4 is 16.9 Å². The minimum atomic E-state index is -3.22. The van der Waals surface area contributed by atoms with E-state index < -0.39 is 54.3 Å². The maximum atomic E-state index is 10.8. The molecule has 28 heteroatoms. The predicted octanol–water partition coefficient (Wildman–Crippen LogP) is 5.46. The fourth-order valence-corrected chi connectivity index (χ4v) is 2.28. The van der Waals surface area contributed by atoms with Gasteiger partial charge in [-0.15, -0.1) is 0 Å². The van der Waals surface area contributed by atoms with Gasteiger partial charge in [0.1, 0.15) is 6.07 Å². The number of nitrogens with zero attached hydrogens (tertiary/aromatic N) is 5. The Balaban J connectivity index is 0. The molecule has 3 aromatic rings. The maximum absolute atomic E-state index is 10.8. The van der Waals surface area contributed by atoms with Crippen molar-refractivity contribution in [2.45, 2.75) is 0 Å². The van der Waals surface area contributed by atoms with E-state index in [0.29, 0.717) is 15.5 Å². The van der Waals surface area contributed by atoms with Gasteiger partial charge in [0.05, 0.1) is 31.5 Å². The molecule has 3 heterocycles. The van der Waals surface area contributed by atoms with Gasteiger partial charge in [0.2, 0.25) is 11.1 Å². The van der Waals surface area contributed by atoms with Crippen molar-refractivity contribution >= 4 is 119 Å². The Kier molecular flexibility index (Phi) is 22.2. The SMILES string of the molecule is N#Cc1cnc(Cl)c([N+](=O)[O-])c1.NC(=O)c1c[nH]c(=O)c([N+](=O)[O-])c1.O=C(O)c1c[nH]c(=O)c([N+](=O)[O-])c1.O=P(Cl)(Cl)Cl.[I][V][I]. The molecule has 0 aliphatic rings. The van der Waals surface area contributed by atoms with Crippen molar-refractivity contribution in [2.24, 2.45) is 5.73 Å². The van der Waals surface area contributed by atoms with Gasteiger partial charge in [-0.2, -0.15) is 5.26 Å². The number of halogens is 6. The summed E-state index contributed by atoms with van der Waals surface area (Å²) in [4.78, 5) is 78.1. The first-order valence-electron chi connectivity index (χ1n) is 10.2. The second kappa shape index (κ2) is 22.6.